The minimum Gasteiger partial charge on any atom is -0.500 e. The number of rotatable bonds is 5. The number of hydrogen-bond donors (Lipinski definition) is 0. The lowest BCUT2D eigenvalue weighted by atomic mass is 10.00. The molecular formula is C18H21NO4. The second kappa shape index (κ2) is 6.77. The first-order chi connectivity index (χ1) is 10.9. The molecule has 0 N–H and O–H groups in total. The van der Waals surface area contributed by atoms with Crippen LogP contribution in [-0.4, -0.2) is 24.7 Å². The van der Waals surface area contributed by atoms with E-state index in [2.05, 4.69) is 6.92 Å². The number of nitrogens with zero attached hydrogens (tertiary/aromatic N) is 1. The van der Waals surface area contributed by atoms with E-state index >= 15 is 0 Å². The van der Waals surface area contributed by atoms with Gasteiger partial charge in [-0.1, -0.05) is 13.3 Å². The molecule has 5 heteroatoms. The number of imide groups is 1. The fraction of sp³-hybridized carbons (Fsp3) is 0.389. The third-order valence-electron chi connectivity index (χ3n) is 3.93. The van der Waals surface area contributed by atoms with Gasteiger partial charge in [0, 0.05) is 24.5 Å². The summed E-state index contributed by atoms with van der Waals surface area (Å²) < 4.78 is 5.43. The number of carbonyl (C=O) groups excluding carboxylic acids is 3. The van der Waals surface area contributed by atoms with Gasteiger partial charge in [-0.25, -0.2) is 4.90 Å². The molecule has 0 bridgehead atoms. The highest BCUT2D eigenvalue weighted by Crippen LogP contribution is 2.40. The van der Waals surface area contributed by atoms with Gasteiger partial charge in [0.2, 0.25) is 5.91 Å². The quantitative estimate of drug-likeness (QED) is 0.475. The summed E-state index contributed by atoms with van der Waals surface area (Å²) in [6, 6.07) is 4.94. The Labute approximate surface area is 135 Å². The number of methoxy groups -OCH3 is 1. The molecule has 2 amide bonds. The Morgan fingerprint density at radius 2 is 1.91 bits per heavy atom. The van der Waals surface area contributed by atoms with Crippen LogP contribution in [0.3, 0.4) is 0 Å². The van der Waals surface area contributed by atoms with E-state index < -0.39 is 0 Å². The molecule has 0 atom stereocenters. The molecule has 0 radical (unpaired) electrons. The third-order valence-corrected chi connectivity index (χ3v) is 3.93. The van der Waals surface area contributed by atoms with Crippen LogP contribution in [-0.2, 0) is 14.3 Å². The van der Waals surface area contributed by atoms with Crippen LogP contribution in [0.25, 0.3) is 5.57 Å². The predicted molar refractivity (Wildman–Crippen MR) is 88.1 cm³/mol. The first kappa shape index (κ1) is 16.9. The summed E-state index contributed by atoms with van der Waals surface area (Å²) in [4.78, 5) is 37.4. The number of amides is 2. The fourth-order valence-corrected chi connectivity index (χ4v) is 2.74. The second-order valence-electron chi connectivity index (χ2n) is 5.55. The van der Waals surface area contributed by atoms with Crippen molar-refractivity contribution in [2.24, 2.45) is 0 Å². The molecule has 0 spiro atoms. The van der Waals surface area contributed by atoms with Gasteiger partial charge in [-0.3, -0.25) is 14.4 Å². The Morgan fingerprint density at radius 1 is 1.22 bits per heavy atom. The number of ether oxygens (including phenoxy) is 1. The van der Waals surface area contributed by atoms with E-state index in [1.807, 2.05) is 0 Å². The molecule has 1 aromatic carbocycles. The lowest BCUT2D eigenvalue weighted by molar-refractivity contribution is -0.122. The number of benzene rings is 1. The summed E-state index contributed by atoms with van der Waals surface area (Å²) in [5.41, 5.74) is 1.99. The van der Waals surface area contributed by atoms with Crippen molar-refractivity contribution < 1.29 is 19.1 Å². The van der Waals surface area contributed by atoms with Crippen molar-refractivity contribution in [3.8, 4) is 0 Å². The van der Waals surface area contributed by atoms with Gasteiger partial charge >= 0.3 is 0 Å². The molecule has 0 fully saturated rings. The first-order valence-electron chi connectivity index (χ1n) is 7.69. The maximum absolute atomic E-state index is 12.7. The maximum Gasteiger partial charge on any atom is 0.269 e. The van der Waals surface area contributed by atoms with E-state index in [0.29, 0.717) is 34.6 Å². The molecule has 0 aromatic heterocycles. The highest BCUT2D eigenvalue weighted by molar-refractivity contribution is 6.40. The Balaban J connectivity index is 2.68. The van der Waals surface area contributed by atoms with Gasteiger partial charge in [-0.2, -0.15) is 0 Å². The highest BCUT2D eigenvalue weighted by Gasteiger charge is 2.37. The number of fused-ring (bicyclic) bond motifs is 1. The third kappa shape index (κ3) is 3.04. The second-order valence-corrected chi connectivity index (χ2v) is 5.55. The number of anilines is 1. The molecule has 1 aromatic rings. The van der Waals surface area contributed by atoms with Crippen molar-refractivity contribution >= 4 is 28.9 Å². The number of carbonyl (C=O) groups is 3. The largest absolute Gasteiger partial charge is 0.500 e. The van der Waals surface area contributed by atoms with Gasteiger partial charge < -0.3 is 4.74 Å². The zero-order chi connectivity index (χ0) is 17.1. The molecule has 1 aliphatic rings. The Hall–Kier alpha value is -2.43. The number of unbranched alkanes of at least 4 members (excludes halogenated alkanes) is 1. The molecule has 23 heavy (non-hydrogen) atoms. The van der Waals surface area contributed by atoms with Gasteiger partial charge in [0.1, 0.15) is 5.76 Å². The van der Waals surface area contributed by atoms with Crippen molar-refractivity contribution in [1.29, 1.82) is 0 Å². The summed E-state index contributed by atoms with van der Waals surface area (Å²) in [5, 5.41) is 0. The number of ketones is 1. The van der Waals surface area contributed by atoms with E-state index in [1.165, 1.54) is 21.0 Å². The SMILES string of the molecule is CCCCC(OC)=C1C(=O)N(C(C)=O)c2ccc(C(C)=O)cc21. The summed E-state index contributed by atoms with van der Waals surface area (Å²) >= 11 is 0. The van der Waals surface area contributed by atoms with E-state index in [4.69, 9.17) is 4.74 Å². The normalized spacial score (nSPS) is 15.5. The summed E-state index contributed by atoms with van der Waals surface area (Å²) in [7, 11) is 1.52. The van der Waals surface area contributed by atoms with Crippen LogP contribution in [0.4, 0.5) is 5.69 Å². The summed E-state index contributed by atoms with van der Waals surface area (Å²) in [5.74, 6) is -0.273. The Kier molecular flexibility index (Phi) is 4.98. The molecule has 0 unspecified atom stereocenters. The van der Waals surface area contributed by atoms with Crippen molar-refractivity contribution in [3.05, 3.63) is 35.1 Å². The highest BCUT2D eigenvalue weighted by atomic mass is 16.5. The van der Waals surface area contributed by atoms with E-state index in [9.17, 15) is 14.4 Å². The van der Waals surface area contributed by atoms with Crippen LogP contribution in [0, 0.1) is 0 Å². The molecule has 1 aliphatic heterocycles. The standard InChI is InChI=1S/C18H21NO4/c1-5-6-7-16(23-4)17-14-10-13(11(2)20)8-9-15(14)19(12(3)21)18(17)22/h8-10H,5-7H2,1-4H3. The van der Waals surface area contributed by atoms with Crippen LogP contribution in [0.15, 0.2) is 24.0 Å². The van der Waals surface area contributed by atoms with Crippen LogP contribution >= 0.6 is 0 Å². The maximum atomic E-state index is 12.7. The van der Waals surface area contributed by atoms with Gasteiger partial charge in [0.05, 0.1) is 18.4 Å². The number of allylic oxidation sites excluding steroid dienone is 1. The monoisotopic (exact) mass is 315 g/mol. The molecule has 2 rings (SSSR count). The fourth-order valence-electron chi connectivity index (χ4n) is 2.74. The molecular weight excluding hydrogens is 294 g/mol. The molecule has 5 nitrogen and oxygen atoms in total. The van der Waals surface area contributed by atoms with Crippen LogP contribution in [0.2, 0.25) is 0 Å². The van der Waals surface area contributed by atoms with Gasteiger partial charge in [0.25, 0.3) is 5.91 Å². The first-order valence-corrected chi connectivity index (χ1v) is 7.69. The van der Waals surface area contributed by atoms with E-state index in [0.717, 1.165) is 17.7 Å². The van der Waals surface area contributed by atoms with Crippen molar-refractivity contribution in [2.75, 3.05) is 12.0 Å². The zero-order valence-electron chi connectivity index (χ0n) is 13.9. The van der Waals surface area contributed by atoms with Crippen LogP contribution in [0.5, 0.6) is 0 Å². The lowest BCUT2D eigenvalue weighted by Gasteiger charge is -2.12. The van der Waals surface area contributed by atoms with Crippen molar-refractivity contribution in [2.45, 2.75) is 40.0 Å². The number of hydrogen-bond acceptors (Lipinski definition) is 4. The van der Waals surface area contributed by atoms with Crippen molar-refractivity contribution in [1.82, 2.24) is 0 Å². The molecule has 122 valence electrons. The lowest BCUT2D eigenvalue weighted by Crippen LogP contribution is -2.31. The van der Waals surface area contributed by atoms with E-state index in [-0.39, 0.29) is 17.6 Å². The van der Waals surface area contributed by atoms with Gasteiger partial charge in [-0.15, -0.1) is 0 Å². The van der Waals surface area contributed by atoms with Crippen LogP contribution in [0.1, 0.15) is 56.0 Å². The summed E-state index contributed by atoms with van der Waals surface area (Å²) in [6.45, 7) is 4.87. The van der Waals surface area contributed by atoms with Crippen molar-refractivity contribution in [3.63, 3.8) is 0 Å². The minimum atomic E-state index is -0.388. The van der Waals surface area contributed by atoms with Gasteiger partial charge in [-0.05, 0) is 31.5 Å². The summed E-state index contributed by atoms with van der Waals surface area (Å²) in [6.07, 6.45) is 2.45. The minimum absolute atomic E-state index is 0.0894. The molecule has 0 saturated carbocycles. The average molecular weight is 315 g/mol. The average Bonchev–Trinajstić information content (AvgIpc) is 2.80. The zero-order valence-corrected chi connectivity index (χ0v) is 13.9. The predicted octanol–water partition coefficient (Wildman–Crippen LogP) is 3.33. The Bertz CT molecular complexity index is 703. The molecule has 0 aliphatic carbocycles. The Morgan fingerprint density at radius 3 is 2.43 bits per heavy atom. The molecule has 0 saturated heterocycles. The molecule has 1 heterocycles. The van der Waals surface area contributed by atoms with E-state index in [1.54, 1.807) is 18.2 Å². The van der Waals surface area contributed by atoms with Crippen LogP contribution < -0.4 is 4.90 Å². The smallest absolute Gasteiger partial charge is 0.269 e. The topological polar surface area (TPSA) is 63.7 Å². The van der Waals surface area contributed by atoms with Gasteiger partial charge in [0.15, 0.2) is 5.78 Å². The number of Topliss-reactive ketones (excluding diaryl/α,β-unsaturated/α-hetero) is 1.